The highest BCUT2D eigenvalue weighted by Crippen LogP contribution is 2.24. The predicted molar refractivity (Wildman–Crippen MR) is 97.4 cm³/mol. The maximum absolute atomic E-state index is 12.6. The smallest absolute Gasteiger partial charge is 0.243 e. The molecule has 0 saturated carbocycles. The Labute approximate surface area is 156 Å². The van der Waals surface area contributed by atoms with Gasteiger partial charge in [0.15, 0.2) is 0 Å². The zero-order valence-corrected chi connectivity index (χ0v) is 15.4. The number of benzene rings is 1. The summed E-state index contributed by atoms with van der Waals surface area (Å²) in [5, 5.41) is 4.33. The van der Waals surface area contributed by atoms with E-state index in [4.69, 9.17) is 16.0 Å². The molecule has 1 amide bonds. The molecule has 2 aromatic rings. The highest BCUT2D eigenvalue weighted by Gasteiger charge is 2.32. The van der Waals surface area contributed by atoms with Crippen LogP contribution >= 0.6 is 11.6 Å². The molecule has 1 saturated heterocycles. The molecule has 1 aliphatic heterocycles. The molecule has 0 atom stereocenters. The number of furan rings is 1. The van der Waals surface area contributed by atoms with E-state index in [0.29, 0.717) is 23.6 Å². The highest BCUT2D eigenvalue weighted by molar-refractivity contribution is 7.89. The van der Waals surface area contributed by atoms with Crippen LogP contribution in [0.15, 0.2) is 57.1 Å². The van der Waals surface area contributed by atoms with Crippen molar-refractivity contribution in [1.82, 2.24) is 9.73 Å². The van der Waals surface area contributed by atoms with Crippen molar-refractivity contribution >= 4 is 33.7 Å². The number of carbonyl (C=O) groups is 1. The largest absolute Gasteiger partial charge is 0.463 e. The number of nitrogens with zero attached hydrogens (tertiary/aromatic N) is 2. The summed E-state index contributed by atoms with van der Waals surface area (Å²) in [5.41, 5.74) is 2.47. The van der Waals surface area contributed by atoms with Crippen molar-refractivity contribution in [2.45, 2.75) is 17.7 Å². The van der Waals surface area contributed by atoms with Crippen molar-refractivity contribution in [2.75, 3.05) is 13.1 Å². The van der Waals surface area contributed by atoms with Gasteiger partial charge >= 0.3 is 0 Å². The number of hydrogen-bond donors (Lipinski definition) is 1. The van der Waals surface area contributed by atoms with Gasteiger partial charge in [0.25, 0.3) is 0 Å². The second-order valence-electron chi connectivity index (χ2n) is 5.88. The third kappa shape index (κ3) is 4.32. The molecule has 1 fully saturated rings. The zero-order valence-electron chi connectivity index (χ0n) is 13.8. The lowest BCUT2D eigenvalue weighted by Crippen LogP contribution is -2.42. The van der Waals surface area contributed by atoms with Crippen LogP contribution in [-0.4, -0.2) is 37.9 Å². The number of hydrogen-bond acceptors (Lipinski definition) is 5. The van der Waals surface area contributed by atoms with Crippen LogP contribution in [0.4, 0.5) is 0 Å². The molecule has 0 spiro atoms. The average molecular weight is 396 g/mol. The van der Waals surface area contributed by atoms with Crippen LogP contribution < -0.4 is 5.43 Å². The van der Waals surface area contributed by atoms with Crippen molar-refractivity contribution in [3.8, 4) is 0 Å². The Morgan fingerprint density at radius 3 is 2.54 bits per heavy atom. The molecule has 0 aliphatic carbocycles. The van der Waals surface area contributed by atoms with E-state index in [9.17, 15) is 13.2 Å². The first-order valence-electron chi connectivity index (χ1n) is 8.09. The number of nitrogens with one attached hydrogen (secondary N) is 1. The molecule has 2 heterocycles. The molecule has 0 radical (unpaired) electrons. The first-order chi connectivity index (χ1) is 12.5. The van der Waals surface area contributed by atoms with Crippen LogP contribution in [0.2, 0.25) is 5.02 Å². The number of halogens is 1. The Morgan fingerprint density at radius 1 is 1.23 bits per heavy atom. The Bertz CT molecular complexity index is 871. The van der Waals surface area contributed by atoms with E-state index in [0.717, 1.165) is 0 Å². The Kier molecular flexibility index (Phi) is 5.75. The van der Waals surface area contributed by atoms with E-state index in [-0.39, 0.29) is 29.8 Å². The number of sulfonamides is 1. The van der Waals surface area contributed by atoms with Crippen LogP contribution in [0.5, 0.6) is 0 Å². The fraction of sp³-hybridized carbons (Fsp3) is 0.294. The topological polar surface area (TPSA) is 92.0 Å². The van der Waals surface area contributed by atoms with Crippen LogP contribution in [0.25, 0.3) is 0 Å². The third-order valence-electron chi connectivity index (χ3n) is 4.19. The van der Waals surface area contributed by atoms with Crippen molar-refractivity contribution in [1.29, 1.82) is 0 Å². The minimum Gasteiger partial charge on any atom is -0.463 e. The van der Waals surface area contributed by atoms with Gasteiger partial charge in [-0.25, -0.2) is 13.8 Å². The van der Waals surface area contributed by atoms with Gasteiger partial charge in [-0.05, 0) is 49.2 Å². The second kappa shape index (κ2) is 8.03. The lowest BCUT2D eigenvalue weighted by atomic mass is 9.98. The quantitative estimate of drug-likeness (QED) is 0.621. The minimum atomic E-state index is -3.57. The molecule has 1 aromatic heterocycles. The average Bonchev–Trinajstić information content (AvgIpc) is 3.15. The van der Waals surface area contributed by atoms with Crippen LogP contribution in [0, 0.1) is 5.92 Å². The third-order valence-corrected chi connectivity index (χ3v) is 6.35. The number of amides is 1. The summed E-state index contributed by atoms with van der Waals surface area (Å²) in [6, 6.07) is 9.51. The van der Waals surface area contributed by atoms with Gasteiger partial charge in [0, 0.05) is 24.0 Å². The Morgan fingerprint density at radius 2 is 1.92 bits per heavy atom. The molecule has 9 heteroatoms. The summed E-state index contributed by atoms with van der Waals surface area (Å²) < 4.78 is 31.7. The van der Waals surface area contributed by atoms with Gasteiger partial charge in [-0.3, -0.25) is 4.79 Å². The standard InChI is InChI=1S/C17H18ClN3O4S/c18-14-3-5-16(6-4-14)26(23,24)21-9-7-13(8-10-21)17(22)20-19-12-15-2-1-11-25-15/h1-6,11-13H,7-10H2,(H,20,22). The molecule has 1 N–H and O–H groups in total. The van der Waals surface area contributed by atoms with Gasteiger partial charge in [0.2, 0.25) is 15.9 Å². The summed E-state index contributed by atoms with van der Waals surface area (Å²) in [5.74, 6) is 0.0333. The molecule has 0 bridgehead atoms. The van der Waals surface area contributed by atoms with Crippen molar-refractivity contribution < 1.29 is 17.6 Å². The molecule has 7 nitrogen and oxygen atoms in total. The molecule has 138 valence electrons. The number of piperidine rings is 1. The van der Waals surface area contributed by atoms with Gasteiger partial charge in [0.05, 0.1) is 17.4 Å². The molecular weight excluding hydrogens is 378 g/mol. The number of hydrazone groups is 1. The van der Waals surface area contributed by atoms with Crippen molar-refractivity contribution in [3.05, 3.63) is 53.4 Å². The van der Waals surface area contributed by atoms with E-state index < -0.39 is 10.0 Å². The summed E-state index contributed by atoms with van der Waals surface area (Å²) in [7, 11) is -3.57. The Balaban J connectivity index is 1.55. The van der Waals surface area contributed by atoms with Crippen LogP contribution in [-0.2, 0) is 14.8 Å². The second-order valence-corrected chi connectivity index (χ2v) is 8.26. The normalized spacial score (nSPS) is 16.8. The monoisotopic (exact) mass is 395 g/mol. The molecule has 1 aromatic carbocycles. The predicted octanol–water partition coefficient (Wildman–Crippen LogP) is 2.48. The summed E-state index contributed by atoms with van der Waals surface area (Å²) in [6.45, 7) is 0.565. The van der Waals surface area contributed by atoms with Crippen molar-refractivity contribution in [2.24, 2.45) is 11.0 Å². The minimum absolute atomic E-state index is 0.202. The van der Waals surface area contributed by atoms with E-state index in [1.165, 1.54) is 28.9 Å². The van der Waals surface area contributed by atoms with Crippen molar-refractivity contribution in [3.63, 3.8) is 0 Å². The fourth-order valence-corrected chi connectivity index (χ4v) is 4.33. The highest BCUT2D eigenvalue weighted by atomic mass is 35.5. The van der Waals surface area contributed by atoms with Gasteiger partial charge in [-0.15, -0.1) is 0 Å². The lowest BCUT2D eigenvalue weighted by Gasteiger charge is -2.30. The summed E-state index contributed by atoms with van der Waals surface area (Å²) in [6.07, 6.45) is 3.81. The molecule has 3 rings (SSSR count). The molecule has 0 unspecified atom stereocenters. The van der Waals surface area contributed by atoms with Crippen LogP contribution in [0.1, 0.15) is 18.6 Å². The Hall–Kier alpha value is -2.16. The number of rotatable bonds is 5. The van der Waals surface area contributed by atoms with E-state index in [1.807, 2.05) is 0 Å². The van der Waals surface area contributed by atoms with E-state index >= 15 is 0 Å². The fourth-order valence-electron chi connectivity index (χ4n) is 2.73. The van der Waals surface area contributed by atoms with E-state index in [2.05, 4.69) is 10.5 Å². The summed E-state index contributed by atoms with van der Waals surface area (Å²) in [4.78, 5) is 12.4. The summed E-state index contributed by atoms with van der Waals surface area (Å²) >= 11 is 5.81. The molecule has 1 aliphatic rings. The van der Waals surface area contributed by atoms with Gasteiger partial charge in [0.1, 0.15) is 5.76 Å². The first-order valence-corrected chi connectivity index (χ1v) is 9.91. The SMILES string of the molecule is O=C(NN=Cc1ccco1)C1CCN(S(=O)(=O)c2ccc(Cl)cc2)CC1. The molecule has 26 heavy (non-hydrogen) atoms. The van der Waals surface area contributed by atoms with E-state index in [1.54, 1.807) is 24.3 Å². The van der Waals surface area contributed by atoms with Gasteiger partial charge in [-0.1, -0.05) is 11.6 Å². The lowest BCUT2D eigenvalue weighted by molar-refractivity contribution is -0.126. The van der Waals surface area contributed by atoms with Gasteiger partial charge in [-0.2, -0.15) is 9.41 Å². The zero-order chi connectivity index (χ0) is 18.6. The first kappa shape index (κ1) is 18.6. The maximum Gasteiger partial charge on any atom is 0.243 e. The molecular formula is C17H18ClN3O4S. The van der Waals surface area contributed by atoms with Crippen LogP contribution in [0.3, 0.4) is 0 Å². The van der Waals surface area contributed by atoms with Gasteiger partial charge < -0.3 is 4.42 Å². The number of carbonyl (C=O) groups excluding carboxylic acids is 1. The maximum atomic E-state index is 12.6.